The standard InChI is InChI=1S/C23H22F2N4O2/c1-12-9-18(22(31)21(12)30)27-19-7-8-26-20-11-17(28-29(19)20)16-4-2-3-13-10-14(23(24)25)5-6-15(13)16/h2-8,10-12,18,21-23,27,30-31H,9H2,1H3/t12-,18-,21-,22+/m1/s1. The number of nitrogens with one attached hydrogen (secondary N) is 1. The zero-order valence-corrected chi connectivity index (χ0v) is 16.8. The Morgan fingerprint density at radius 3 is 2.68 bits per heavy atom. The number of alkyl halides is 2. The fourth-order valence-electron chi connectivity index (χ4n) is 4.39. The van der Waals surface area contributed by atoms with Gasteiger partial charge in [-0.2, -0.15) is 9.61 Å². The molecule has 0 bridgehead atoms. The molecule has 0 spiro atoms. The molecule has 6 nitrogen and oxygen atoms in total. The monoisotopic (exact) mass is 424 g/mol. The third-order valence-corrected chi connectivity index (χ3v) is 6.09. The second kappa shape index (κ2) is 7.55. The van der Waals surface area contributed by atoms with E-state index in [1.165, 1.54) is 12.1 Å². The van der Waals surface area contributed by atoms with E-state index in [1.54, 1.807) is 28.9 Å². The van der Waals surface area contributed by atoms with Crippen LogP contribution < -0.4 is 5.32 Å². The first-order chi connectivity index (χ1) is 14.9. The molecule has 1 aliphatic rings. The van der Waals surface area contributed by atoms with Crippen LogP contribution >= 0.6 is 0 Å². The van der Waals surface area contributed by atoms with E-state index in [-0.39, 0.29) is 17.5 Å². The lowest BCUT2D eigenvalue weighted by molar-refractivity contribution is 0.0210. The Hall–Kier alpha value is -3.10. The second-order valence-corrected chi connectivity index (χ2v) is 8.16. The summed E-state index contributed by atoms with van der Waals surface area (Å²) in [5, 5.41) is 29.9. The molecule has 1 saturated carbocycles. The van der Waals surface area contributed by atoms with E-state index in [9.17, 15) is 19.0 Å². The maximum atomic E-state index is 13.1. The predicted octanol–water partition coefficient (Wildman–Crippen LogP) is 4.03. The lowest BCUT2D eigenvalue weighted by Crippen LogP contribution is -2.35. The van der Waals surface area contributed by atoms with Crippen molar-refractivity contribution in [3.63, 3.8) is 0 Å². The Kier molecular flexibility index (Phi) is 4.83. The van der Waals surface area contributed by atoms with Crippen LogP contribution in [0.4, 0.5) is 14.6 Å². The molecule has 1 fully saturated rings. The van der Waals surface area contributed by atoms with E-state index >= 15 is 0 Å². The van der Waals surface area contributed by atoms with Crippen LogP contribution in [0, 0.1) is 5.92 Å². The molecule has 2 aromatic carbocycles. The summed E-state index contributed by atoms with van der Waals surface area (Å²) in [5.74, 6) is 0.647. The molecule has 160 valence electrons. The van der Waals surface area contributed by atoms with Crippen LogP contribution in [-0.2, 0) is 0 Å². The minimum Gasteiger partial charge on any atom is -0.390 e. The first-order valence-corrected chi connectivity index (χ1v) is 10.2. The molecule has 0 saturated heterocycles. The highest BCUT2D eigenvalue weighted by Crippen LogP contribution is 2.32. The highest BCUT2D eigenvalue weighted by atomic mass is 19.3. The first kappa shape index (κ1) is 19.8. The van der Waals surface area contributed by atoms with E-state index in [0.717, 1.165) is 16.3 Å². The van der Waals surface area contributed by atoms with Crippen molar-refractivity contribution in [3.8, 4) is 11.3 Å². The van der Waals surface area contributed by atoms with Crippen molar-refractivity contribution < 1.29 is 19.0 Å². The molecule has 0 aliphatic heterocycles. The van der Waals surface area contributed by atoms with Gasteiger partial charge in [-0.05, 0) is 35.2 Å². The summed E-state index contributed by atoms with van der Waals surface area (Å²) in [7, 11) is 0. The summed E-state index contributed by atoms with van der Waals surface area (Å²) in [6, 6.07) is 13.5. The van der Waals surface area contributed by atoms with E-state index in [0.29, 0.717) is 23.6 Å². The number of rotatable bonds is 4. The van der Waals surface area contributed by atoms with Crippen molar-refractivity contribution in [1.29, 1.82) is 0 Å². The van der Waals surface area contributed by atoms with Gasteiger partial charge in [-0.25, -0.2) is 13.8 Å². The van der Waals surface area contributed by atoms with Gasteiger partial charge in [-0.3, -0.25) is 0 Å². The Morgan fingerprint density at radius 2 is 1.94 bits per heavy atom. The van der Waals surface area contributed by atoms with Gasteiger partial charge in [-0.15, -0.1) is 0 Å². The molecule has 1 aliphatic carbocycles. The number of hydrogen-bond donors (Lipinski definition) is 3. The molecule has 8 heteroatoms. The minimum absolute atomic E-state index is 0.00757. The number of fused-ring (bicyclic) bond motifs is 2. The summed E-state index contributed by atoms with van der Waals surface area (Å²) in [5.41, 5.74) is 2.08. The van der Waals surface area contributed by atoms with Crippen LogP contribution in [0.5, 0.6) is 0 Å². The lowest BCUT2D eigenvalue weighted by Gasteiger charge is -2.19. The highest BCUT2D eigenvalue weighted by molar-refractivity contribution is 5.96. The molecule has 3 N–H and O–H groups in total. The molecule has 0 unspecified atom stereocenters. The molecule has 4 aromatic rings. The predicted molar refractivity (Wildman–Crippen MR) is 114 cm³/mol. The minimum atomic E-state index is -2.52. The average molecular weight is 424 g/mol. The van der Waals surface area contributed by atoms with Crippen molar-refractivity contribution in [2.45, 2.75) is 38.0 Å². The fourth-order valence-corrected chi connectivity index (χ4v) is 4.39. The smallest absolute Gasteiger partial charge is 0.263 e. The summed E-state index contributed by atoms with van der Waals surface area (Å²) in [6.07, 6.45) is -1.86. The van der Waals surface area contributed by atoms with Gasteiger partial charge < -0.3 is 15.5 Å². The molecular formula is C23H22F2N4O2. The maximum Gasteiger partial charge on any atom is 0.263 e. The number of halogens is 2. The van der Waals surface area contributed by atoms with Crippen LogP contribution in [0.3, 0.4) is 0 Å². The molecule has 0 radical (unpaired) electrons. The molecule has 2 aromatic heterocycles. The van der Waals surface area contributed by atoms with Crippen molar-refractivity contribution in [2.75, 3.05) is 5.32 Å². The Labute approximate surface area is 177 Å². The van der Waals surface area contributed by atoms with Gasteiger partial charge in [0.15, 0.2) is 5.65 Å². The number of hydrogen-bond acceptors (Lipinski definition) is 5. The van der Waals surface area contributed by atoms with Gasteiger partial charge in [0.1, 0.15) is 11.9 Å². The molecular weight excluding hydrogens is 402 g/mol. The molecule has 5 rings (SSSR count). The van der Waals surface area contributed by atoms with Gasteiger partial charge in [-0.1, -0.05) is 37.3 Å². The van der Waals surface area contributed by atoms with Crippen LogP contribution in [-0.4, -0.2) is 43.1 Å². The topological polar surface area (TPSA) is 82.7 Å². The maximum absolute atomic E-state index is 13.1. The van der Waals surface area contributed by atoms with Crippen LogP contribution in [0.1, 0.15) is 25.3 Å². The fraction of sp³-hybridized carbons (Fsp3) is 0.304. The van der Waals surface area contributed by atoms with Gasteiger partial charge in [0.2, 0.25) is 0 Å². The van der Waals surface area contributed by atoms with E-state index in [1.807, 2.05) is 25.1 Å². The van der Waals surface area contributed by atoms with E-state index < -0.39 is 18.6 Å². The third-order valence-electron chi connectivity index (χ3n) is 6.09. The van der Waals surface area contributed by atoms with Crippen LogP contribution in [0.15, 0.2) is 54.7 Å². The number of nitrogens with zero attached hydrogens (tertiary/aromatic N) is 3. The number of aliphatic hydroxyl groups is 2. The zero-order valence-electron chi connectivity index (χ0n) is 16.8. The van der Waals surface area contributed by atoms with Crippen LogP contribution in [0.2, 0.25) is 0 Å². The highest BCUT2D eigenvalue weighted by Gasteiger charge is 2.39. The zero-order chi connectivity index (χ0) is 21.7. The van der Waals surface area contributed by atoms with Gasteiger partial charge in [0.05, 0.1) is 17.8 Å². The molecule has 2 heterocycles. The number of aromatic nitrogens is 3. The quantitative estimate of drug-likeness (QED) is 0.461. The van der Waals surface area contributed by atoms with Gasteiger partial charge in [0.25, 0.3) is 6.43 Å². The number of benzene rings is 2. The Morgan fingerprint density at radius 1 is 1.10 bits per heavy atom. The normalized spacial score (nSPS) is 23.8. The summed E-state index contributed by atoms with van der Waals surface area (Å²) in [6.45, 7) is 1.91. The van der Waals surface area contributed by atoms with E-state index in [4.69, 9.17) is 5.10 Å². The Balaban J connectivity index is 1.55. The van der Waals surface area contributed by atoms with Gasteiger partial charge in [0, 0.05) is 23.4 Å². The summed E-state index contributed by atoms with van der Waals surface area (Å²) in [4.78, 5) is 4.38. The summed E-state index contributed by atoms with van der Waals surface area (Å²) < 4.78 is 27.8. The average Bonchev–Trinajstić information content (AvgIpc) is 3.30. The Bertz CT molecular complexity index is 1260. The molecule has 4 atom stereocenters. The van der Waals surface area contributed by atoms with Crippen molar-refractivity contribution >= 4 is 22.2 Å². The molecule has 31 heavy (non-hydrogen) atoms. The number of anilines is 1. The first-order valence-electron chi connectivity index (χ1n) is 10.2. The number of aliphatic hydroxyl groups excluding tert-OH is 2. The SMILES string of the molecule is C[C@@H]1C[C@@H](Nc2ccnc3cc(-c4cccc5cc(C(F)F)ccc45)nn23)[C@H](O)[C@@H]1O. The van der Waals surface area contributed by atoms with Crippen molar-refractivity contribution in [2.24, 2.45) is 5.92 Å². The van der Waals surface area contributed by atoms with Gasteiger partial charge >= 0.3 is 0 Å². The van der Waals surface area contributed by atoms with E-state index in [2.05, 4.69) is 10.3 Å². The third kappa shape index (κ3) is 3.41. The summed E-state index contributed by atoms with van der Waals surface area (Å²) >= 11 is 0. The lowest BCUT2D eigenvalue weighted by atomic mass is 10.0. The van der Waals surface area contributed by atoms with Crippen LogP contribution in [0.25, 0.3) is 27.7 Å². The second-order valence-electron chi connectivity index (χ2n) is 8.16. The molecule has 0 amide bonds. The van der Waals surface area contributed by atoms with Crippen molar-refractivity contribution in [1.82, 2.24) is 14.6 Å². The van der Waals surface area contributed by atoms with Crippen molar-refractivity contribution in [3.05, 3.63) is 60.3 Å². The largest absolute Gasteiger partial charge is 0.390 e.